The number of amides is 1. The summed E-state index contributed by atoms with van der Waals surface area (Å²) in [5.41, 5.74) is 2.04. The van der Waals surface area contributed by atoms with E-state index in [1.54, 1.807) is 4.90 Å². The predicted molar refractivity (Wildman–Crippen MR) is 105 cm³/mol. The Hall–Kier alpha value is -2.31. The maximum absolute atomic E-state index is 12.4. The Kier molecular flexibility index (Phi) is 5.96. The normalized spacial score (nSPS) is 10.7. The minimum absolute atomic E-state index is 0.0508. The number of benzene rings is 2. The average Bonchev–Trinajstić information content (AvgIpc) is 3.02. The van der Waals surface area contributed by atoms with Crippen LogP contribution in [0.4, 0.5) is 0 Å². The molecule has 0 aliphatic carbocycles. The van der Waals surface area contributed by atoms with Crippen molar-refractivity contribution in [1.82, 2.24) is 19.7 Å². The molecule has 0 unspecified atom stereocenters. The highest BCUT2D eigenvalue weighted by atomic mass is 35.5. The third-order valence-corrected chi connectivity index (χ3v) is 5.21. The number of carbonyl (C=O) groups is 1. The highest BCUT2D eigenvalue weighted by Gasteiger charge is 2.15. The van der Waals surface area contributed by atoms with Crippen molar-refractivity contribution in [2.75, 3.05) is 12.8 Å². The fourth-order valence-corrected chi connectivity index (χ4v) is 3.45. The highest BCUT2D eigenvalue weighted by Crippen LogP contribution is 2.24. The monoisotopic (exact) mass is 386 g/mol. The molecule has 0 saturated heterocycles. The number of nitrogens with zero attached hydrogens (tertiary/aromatic N) is 4. The van der Waals surface area contributed by atoms with Crippen LogP contribution >= 0.6 is 23.4 Å². The van der Waals surface area contributed by atoms with Crippen molar-refractivity contribution < 1.29 is 4.79 Å². The van der Waals surface area contributed by atoms with Crippen LogP contribution in [0.25, 0.3) is 11.4 Å². The van der Waals surface area contributed by atoms with Gasteiger partial charge in [0.2, 0.25) is 5.91 Å². The van der Waals surface area contributed by atoms with Gasteiger partial charge in [0.1, 0.15) is 0 Å². The average molecular weight is 387 g/mol. The molecule has 0 fully saturated rings. The molecule has 1 heterocycles. The Balaban J connectivity index is 1.61. The molecule has 0 saturated carbocycles. The Morgan fingerprint density at radius 3 is 2.50 bits per heavy atom. The van der Waals surface area contributed by atoms with Crippen LogP contribution in [-0.4, -0.2) is 38.4 Å². The van der Waals surface area contributed by atoms with E-state index in [2.05, 4.69) is 10.2 Å². The summed E-state index contributed by atoms with van der Waals surface area (Å²) in [4.78, 5) is 14.1. The van der Waals surface area contributed by atoms with Crippen LogP contribution in [0.3, 0.4) is 0 Å². The molecule has 0 aliphatic heterocycles. The van der Waals surface area contributed by atoms with Gasteiger partial charge in [0.05, 0.1) is 5.75 Å². The predicted octanol–water partition coefficient (Wildman–Crippen LogP) is 3.89. The topological polar surface area (TPSA) is 51.0 Å². The largest absolute Gasteiger partial charge is 0.341 e. The molecular weight excluding hydrogens is 368 g/mol. The second kappa shape index (κ2) is 8.38. The summed E-state index contributed by atoms with van der Waals surface area (Å²) in [6.45, 7) is 0.592. The Morgan fingerprint density at radius 2 is 1.81 bits per heavy atom. The summed E-state index contributed by atoms with van der Waals surface area (Å²) in [6.07, 6.45) is 0. The summed E-state index contributed by atoms with van der Waals surface area (Å²) in [6, 6.07) is 17.4. The number of hydrogen-bond donors (Lipinski definition) is 0. The van der Waals surface area contributed by atoms with Crippen LogP contribution in [0.15, 0.2) is 59.8 Å². The van der Waals surface area contributed by atoms with E-state index in [0.717, 1.165) is 17.0 Å². The molecule has 5 nitrogen and oxygen atoms in total. The fraction of sp³-hybridized carbons (Fsp3) is 0.211. The van der Waals surface area contributed by atoms with Crippen LogP contribution in [0.2, 0.25) is 5.02 Å². The van der Waals surface area contributed by atoms with Crippen LogP contribution in [0.1, 0.15) is 5.56 Å². The summed E-state index contributed by atoms with van der Waals surface area (Å²) in [7, 11) is 3.70. The summed E-state index contributed by atoms with van der Waals surface area (Å²) < 4.78 is 1.89. The first kappa shape index (κ1) is 18.5. The molecular formula is C19H19ClN4OS. The number of thioether (sulfide) groups is 1. The zero-order valence-electron chi connectivity index (χ0n) is 14.6. The molecule has 0 aliphatic rings. The third-order valence-electron chi connectivity index (χ3n) is 3.95. The first-order valence-electron chi connectivity index (χ1n) is 8.10. The molecule has 0 spiro atoms. The molecule has 1 aromatic heterocycles. The van der Waals surface area contributed by atoms with Gasteiger partial charge in [-0.05, 0) is 29.8 Å². The van der Waals surface area contributed by atoms with Crippen molar-refractivity contribution in [2.24, 2.45) is 7.05 Å². The number of hydrogen-bond acceptors (Lipinski definition) is 4. The summed E-state index contributed by atoms with van der Waals surface area (Å²) in [5.74, 6) is 1.11. The molecule has 0 N–H and O–H groups in total. The molecule has 7 heteroatoms. The number of carbonyl (C=O) groups excluding carboxylic acids is 1. The quantitative estimate of drug-likeness (QED) is 0.603. The Labute approximate surface area is 162 Å². The number of halogens is 1. The van der Waals surface area contributed by atoms with Gasteiger partial charge < -0.3 is 9.47 Å². The van der Waals surface area contributed by atoms with E-state index in [-0.39, 0.29) is 5.91 Å². The zero-order chi connectivity index (χ0) is 18.5. The van der Waals surface area contributed by atoms with E-state index >= 15 is 0 Å². The van der Waals surface area contributed by atoms with E-state index in [1.165, 1.54) is 11.8 Å². The molecule has 3 rings (SSSR count). The van der Waals surface area contributed by atoms with Gasteiger partial charge in [0.25, 0.3) is 0 Å². The second-order valence-electron chi connectivity index (χ2n) is 5.90. The fourth-order valence-electron chi connectivity index (χ4n) is 2.47. The standard InChI is InChI=1S/C19H19ClN4OS/c1-23(12-14-6-4-3-5-7-14)17(25)13-26-19-22-21-18(24(19)2)15-8-10-16(20)11-9-15/h3-11H,12-13H2,1-2H3. The molecule has 2 aromatic carbocycles. The first-order valence-corrected chi connectivity index (χ1v) is 9.47. The lowest BCUT2D eigenvalue weighted by Crippen LogP contribution is -2.27. The third kappa shape index (κ3) is 4.45. The van der Waals surface area contributed by atoms with Gasteiger partial charge in [-0.1, -0.05) is 53.7 Å². The summed E-state index contributed by atoms with van der Waals surface area (Å²) >= 11 is 7.31. The lowest BCUT2D eigenvalue weighted by molar-refractivity contribution is -0.127. The van der Waals surface area contributed by atoms with Crippen molar-refractivity contribution in [1.29, 1.82) is 0 Å². The van der Waals surface area contributed by atoms with Crippen molar-refractivity contribution >= 4 is 29.3 Å². The van der Waals surface area contributed by atoms with E-state index < -0.39 is 0 Å². The maximum atomic E-state index is 12.4. The molecule has 1 amide bonds. The van der Waals surface area contributed by atoms with Gasteiger partial charge in [-0.3, -0.25) is 4.79 Å². The molecule has 3 aromatic rings. The lowest BCUT2D eigenvalue weighted by atomic mass is 10.2. The number of rotatable bonds is 6. The molecule has 134 valence electrons. The molecule has 0 atom stereocenters. The molecule has 26 heavy (non-hydrogen) atoms. The molecule has 0 bridgehead atoms. The van der Waals surface area contributed by atoms with Crippen LogP contribution in [0, 0.1) is 0 Å². The van der Waals surface area contributed by atoms with Crippen molar-refractivity contribution in [3.8, 4) is 11.4 Å². The van der Waals surface area contributed by atoms with E-state index in [9.17, 15) is 4.79 Å². The maximum Gasteiger partial charge on any atom is 0.233 e. The van der Waals surface area contributed by atoms with E-state index in [0.29, 0.717) is 22.5 Å². The van der Waals surface area contributed by atoms with Gasteiger partial charge in [0.15, 0.2) is 11.0 Å². The minimum Gasteiger partial charge on any atom is -0.341 e. The van der Waals surface area contributed by atoms with Crippen LogP contribution < -0.4 is 0 Å². The second-order valence-corrected chi connectivity index (χ2v) is 7.28. The lowest BCUT2D eigenvalue weighted by Gasteiger charge is -2.16. The van der Waals surface area contributed by atoms with E-state index in [4.69, 9.17) is 11.6 Å². The minimum atomic E-state index is 0.0508. The Bertz CT molecular complexity index is 880. The SMILES string of the molecule is CN(Cc1ccccc1)C(=O)CSc1nnc(-c2ccc(Cl)cc2)n1C. The van der Waals surface area contributed by atoms with Crippen LogP contribution in [0.5, 0.6) is 0 Å². The summed E-state index contributed by atoms with van der Waals surface area (Å²) in [5, 5.41) is 9.82. The van der Waals surface area contributed by atoms with Gasteiger partial charge in [-0.25, -0.2) is 0 Å². The molecule has 0 radical (unpaired) electrons. The van der Waals surface area contributed by atoms with E-state index in [1.807, 2.05) is 73.3 Å². The van der Waals surface area contributed by atoms with Gasteiger partial charge in [0, 0.05) is 31.2 Å². The highest BCUT2D eigenvalue weighted by molar-refractivity contribution is 7.99. The number of aromatic nitrogens is 3. The van der Waals surface area contributed by atoms with Crippen LogP contribution in [-0.2, 0) is 18.4 Å². The smallest absolute Gasteiger partial charge is 0.233 e. The van der Waals surface area contributed by atoms with Gasteiger partial charge >= 0.3 is 0 Å². The first-order chi connectivity index (χ1) is 12.5. The van der Waals surface area contributed by atoms with Crippen molar-refractivity contribution in [2.45, 2.75) is 11.7 Å². The van der Waals surface area contributed by atoms with Gasteiger partial charge in [-0.2, -0.15) is 0 Å². The van der Waals surface area contributed by atoms with Gasteiger partial charge in [-0.15, -0.1) is 10.2 Å². The zero-order valence-corrected chi connectivity index (χ0v) is 16.2. The van der Waals surface area contributed by atoms with Crippen molar-refractivity contribution in [3.05, 3.63) is 65.2 Å². The van der Waals surface area contributed by atoms with Crippen molar-refractivity contribution in [3.63, 3.8) is 0 Å². The Morgan fingerprint density at radius 1 is 1.12 bits per heavy atom.